The standard InChI is InChI=1S/C24H30FNO5S/c1-24(2,3)15-23(27)26(17-20-8-6-14-30-20)16-18-7-4-5-9-22(18)31-32(28,29)21-12-10-19(25)11-13-21/h4-5,7,9-13,20H,6,8,14-17H2,1-3H3. The van der Waals surface area contributed by atoms with Crippen LogP contribution in [0.5, 0.6) is 5.75 Å². The Balaban J connectivity index is 1.83. The summed E-state index contributed by atoms with van der Waals surface area (Å²) in [6.07, 6.45) is 2.17. The zero-order valence-electron chi connectivity index (χ0n) is 18.7. The van der Waals surface area contributed by atoms with E-state index in [1.807, 2.05) is 20.8 Å². The minimum Gasteiger partial charge on any atom is -0.379 e. The Morgan fingerprint density at radius 1 is 1.16 bits per heavy atom. The van der Waals surface area contributed by atoms with Crippen molar-refractivity contribution in [1.82, 2.24) is 4.90 Å². The number of carbonyl (C=O) groups excluding carboxylic acids is 1. The fraction of sp³-hybridized carbons (Fsp3) is 0.458. The number of rotatable bonds is 8. The Morgan fingerprint density at radius 2 is 1.84 bits per heavy atom. The molecule has 1 atom stereocenters. The van der Waals surface area contributed by atoms with Crippen molar-refractivity contribution >= 4 is 16.0 Å². The van der Waals surface area contributed by atoms with Crippen molar-refractivity contribution < 1.29 is 26.5 Å². The fourth-order valence-corrected chi connectivity index (χ4v) is 4.51. The summed E-state index contributed by atoms with van der Waals surface area (Å²) in [4.78, 5) is 14.6. The predicted molar refractivity (Wildman–Crippen MR) is 119 cm³/mol. The zero-order valence-corrected chi connectivity index (χ0v) is 19.5. The van der Waals surface area contributed by atoms with Crippen LogP contribution in [-0.4, -0.2) is 38.5 Å². The van der Waals surface area contributed by atoms with Gasteiger partial charge in [-0.15, -0.1) is 0 Å². The molecule has 0 radical (unpaired) electrons. The van der Waals surface area contributed by atoms with Gasteiger partial charge in [0.1, 0.15) is 16.5 Å². The number of ether oxygens (including phenoxy) is 1. The number of carbonyl (C=O) groups is 1. The van der Waals surface area contributed by atoms with E-state index in [1.54, 1.807) is 29.2 Å². The molecule has 32 heavy (non-hydrogen) atoms. The molecule has 0 aromatic heterocycles. The molecular formula is C24H30FNO5S. The van der Waals surface area contributed by atoms with Crippen LogP contribution in [-0.2, 0) is 26.2 Å². The third-order valence-corrected chi connectivity index (χ3v) is 6.37. The Hall–Kier alpha value is -2.45. The van der Waals surface area contributed by atoms with Crippen LogP contribution in [0.25, 0.3) is 0 Å². The molecule has 0 aliphatic carbocycles. The summed E-state index contributed by atoms with van der Waals surface area (Å²) in [5, 5.41) is 0. The van der Waals surface area contributed by atoms with Crippen molar-refractivity contribution in [2.75, 3.05) is 13.2 Å². The molecule has 1 fully saturated rings. The van der Waals surface area contributed by atoms with Crippen LogP contribution < -0.4 is 4.18 Å². The van der Waals surface area contributed by atoms with E-state index in [4.69, 9.17) is 8.92 Å². The second kappa shape index (κ2) is 10.0. The molecule has 0 spiro atoms. The van der Waals surface area contributed by atoms with E-state index >= 15 is 0 Å². The number of halogens is 1. The van der Waals surface area contributed by atoms with Gasteiger partial charge in [-0.3, -0.25) is 4.79 Å². The monoisotopic (exact) mass is 463 g/mol. The number of benzene rings is 2. The quantitative estimate of drug-likeness (QED) is 0.538. The number of para-hydroxylation sites is 1. The van der Waals surface area contributed by atoms with Gasteiger partial charge in [-0.1, -0.05) is 39.0 Å². The average Bonchev–Trinajstić information content (AvgIpc) is 3.21. The molecule has 8 heteroatoms. The zero-order chi connectivity index (χ0) is 23.4. The van der Waals surface area contributed by atoms with Crippen LogP contribution in [0, 0.1) is 11.2 Å². The molecule has 0 N–H and O–H groups in total. The van der Waals surface area contributed by atoms with E-state index in [-0.39, 0.29) is 34.6 Å². The molecule has 1 unspecified atom stereocenters. The first-order valence-corrected chi connectivity index (χ1v) is 12.1. The summed E-state index contributed by atoms with van der Waals surface area (Å²) in [7, 11) is -4.15. The highest BCUT2D eigenvalue weighted by atomic mass is 32.2. The van der Waals surface area contributed by atoms with E-state index in [1.165, 1.54) is 0 Å². The van der Waals surface area contributed by atoms with Crippen LogP contribution in [0.4, 0.5) is 4.39 Å². The molecule has 2 aromatic carbocycles. The van der Waals surface area contributed by atoms with Crippen molar-refractivity contribution in [2.45, 2.75) is 57.6 Å². The lowest BCUT2D eigenvalue weighted by Gasteiger charge is -2.29. The molecule has 1 amide bonds. The van der Waals surface area contributed by atoms with Crippen molar-refractivity contribution in [1.29, 1.82) is 0 Å². The normalized spacial score (nSPS) is 16.7. The van der Waals surface area contributed by atoms with Crippen molar-refractivity contribution in [3.8, 4) is 5.75 Å². The van der Waals surface area contributed by atoms with E-state index in [0.29, 0.717) is 25.1 Å². The summed E-state index contributed by atoms with van der Waals surface area (Å²) in [5.41, 5.74) is 0.381. The highest BCUT2D eigenvalue weighted by Gasteiger charge is 2.27. The van der Waals surface area contributed by atoms with Crippen molar-refractivity contribution in [2.24, 2.45) is 5.41 Å². The molecule has 0 bridgehead atoms. The predicted octanol–water partition coefficient (Wildman–Crippen LogP) is 4.54. The minimum atomic E-state index is -4.15. The van der Waals surface area contributed by atoms with E-state index in [9.17, 15) is 17.6 Å². The molecule has 1 heterocycles. The summed E-state index contributed by atoms with van der Waals surface area (Å²) < 4.78 is 49.7. The molecule has 0 saturated carbocycles. The molecule has 174 valence electrons. The largest absolute Gasteiger partial charge is 0.379 e. The van der Waals surface area contributed by atoms with Crippen LogP contribution in [0.2, 0.25) is 0 Å². The maximum Gasteiger partial charge on any atom is 0.339 e. The fourth-order valence-electron chi connectivity index (χ4n) is 3.54. The van der Waals surface area contributed by atoms with Gasteiger partial charge in [0.25, 0.3) is 0 Å². The summed E-state index contributed by atoms with van der Waals surface area (Å²) in [6, 6.07) is 11.2. The van der Waals surface area contributed by atoms with Gasteiger partial charge in [0, 0.05) is 31.7 Å². The smallest absolute Gasteiger partial charge is 0.339 e. The lowest BCUT2D eigenvalue weighted by atomic mass is 9.91. The first kappa shape index (κ1) is 24.2. The third-order valence-electron chi connectivity index (χ3n) is 5.12. The van der Waals surface area contributed by atoms with Gasteiger partial charge in [0.15, 0.2) is 0 Å². The Kier molecular flexibility index (Phi) is 7.56. The molecule has 1 saturated heterocycles. The van der Waals surface area contributed by atoms with E-state index in [2.05, 4.69) is 0 Å². The first-order valence-electron chi connectivity index (χ1n) is 10.7. The van der Waals surface area contributed by atoms with Crippen LogP contribution in [0.1, 0.15) is 45.6 Å². The topological polar surface area (TPSA) is 72.9 Å². The van der Waals surface area contributed by atoms with Gasteiger partial charge >= 0.3 is 10.1 Å². The Bertz CT molecular complexity index is 1030. The number of nitrogens with zero attached hydrogens (tertiary/aromatic N) is 1. The van der Waals surface area contributed by atoms with Gasteiger partial charge < -0.3 is 13.8 Å². The van der Waals surface area contributed by atoms with Gasteiger partial charge in [0.2, 0.25) is 5.91 Å². The van der Waals surface area contributed by atoms with Crippen LogP contribution in [0.15, 0.2) is 53.4 Å². The van der Waals surface area contributed by atoms with Gasteiger partial charge in [-0.2, -0.15) is 8.42 Å². The molecule has 3 rings (SSSR count). The van der Waals surface area contributed by atoms with Gasteiger partial charge in [-0.25, -0.2) is 4.39 Å². The highest BCUT2D eigenvalue weighted by Crippen LogP contribution is 2.27. The first-order chi connectivity index (χ1) is 15.0. The SMILES string of the molecule is CC(C)(C)CC(=O)N(Cc1ccccc1OS(=O)(=O)c1ccc(F)cc1)CC1CCCO1. The third kappa shape index (κ3) is 6.77. The summed E-state index contributed by atoms with van der Waals surface area (Å²) >= 11 is 0. The van der Waals surface area contributed by atoms with Gasteiger partial charge in [-0.05, 0) is 48.6 Å². The lowest BCUT2D eigenvalue weighted by molar-refractivity contribution is -0.135. The number of hydrogen-bond acceptors (Lipinski definition) is 5. The number of hydrogen-bond donors (Lipinski definition) is 0. The summed E-state index contributed by atoms with van der Waals surface area (Å²) in [5.74, 6) is -0.423. The molecule has 1 aliphatic rings. The second-order valence-electron chi connectivity index (χ2n) is 9.25. The maximum absolute atomic E-state index is 13.2. The summed E-state index contributed by atoms with van der Waals surface area (Å²) in [6.45, 7) is 7.32. The van der Waals surface area contributed by atoms with Crippen molar-refractivity contribution in [3.05, 3.63) is 59.9 Å². The maximum atomic E-state index is 13.2. The molecular weight excluding hydrogens is 433 g/mol. The molecule has 2 aromatic rings. The van der Waals surface area contributed by atoms with E-state index in [0.717, 1.165) is 37.1 Å². The Morgan fingerprint density at radius 3 is 2.47 bits per heavy atom. The second-order valence-corrected chi connectivity index (χ2v) is 10.8. The lowest BCUT2D eigenvalue weighted by Crippen LogP contribution is -2.38. The van der Waals surface area contributed by atoms with Gasteiger partial charge in [0.05, 0.1) is 6.10 Å². The molecule has 6 nitrogen and oxygen atoms in total. The van der Waals surface area contributed by atoms with Crippen LogP contribution >= 0.6 is 0 Å². The van der Waals surface area contributed by atoms with Crippen molar-refractivity contribution in [3.63, 3.8) is 0 Å². The Labute approximate surface area is 189 Å². The van der Waals surface area contributed by atoms with E-state index < -0.39 is 15.9 Å². The number of amides is 1. The molecule has 1 aliphatic heterocycles. The minimum absolute atomic E-state index is 0.0239. The highest BCUT2D eigenvalue weighted by molar-refractivity contribution is 7.87. The van der Waals surface area contributed by atoms with Crippen LogP contribution in [0.3, 0.4) is 0 Å². The average molecular weight is 464 g/mol.